The van der Waals surface area contributed by atoms with Crippen LogP contribution in [-0.2, 0) is 11.5 Å². The zero-order valence-electron chi connectivity index (χ0n) is 6.02. The maximum atomic E-state index is 10.4. The summed E-state index contributed by atoms with van der Waals surface area (Å²) >= 11 is 0. The smallest absolute Gasteiger partial charge is 0.309 e. The molecule has 60 valence electrons. The van der Waals surface area contributed by atoms with Crippen LogP contribution in [0.4, 0.5) is 0 Å². The van der Waals surface area contributed by atoms with E-state index in [1.165, 1.54) is 17.8 Å². The molecule has 0 atom stereocenters. The van der Waals surface area contributed by atoms with Crippen molar-refractivity contribution in [1.29, 1.82) is 0 Å². The number of esters is 1. The van der Waals surface area contributed by atoms with Crippen molar-refractivity contribution in [2.75, 3.05) is 0 Å². The number of carbonyl (C=O) groups excluding carboxylic acids is 1. The monoisotopic (exact) mass is 156 g/mol. The highest BCUT2D eigenvalue weighted by atomic mass is 16.5. The maximum Gasteiger partial charge on any atom is 0.309 e. The Bertz CT molecular complexity index is 257. The molecule has 0 saturated heterocycles. The van der Waals surface area contributed by atoms with E-state index in [0.29, 0.717) is 0 Å². The minimum atomic E-state index is -0.415. The Morgan fingerprint density at radius 3 is 3.18 bits per heavy atom. The van der Waals surface area contributed by atoms with E-state index >= 15 is 0 Å². The van der Waals surface area contributed by atoms with Crippen molar-refractivity contribution in [1.82, 2.24) is 15.0 Å². The molecule has 0 bridgehead atoms. The van der Waals surface area contributed by atoms with Gasteiger partial charge in [-0.05, 0) is 0 Å². The van der Waals surface area contributed by atoms with Crippen LogP contribution in [0, 0.1) is 0 Å². The summed E-state index contributed by atoms with van der Waals surface area (Å²) in [6.45, 7) is 1.44. The Balaban J connectivity index is 2.76. The first-order chi connectivity index (χ1) is 5.24. The predicted octanol–water partition coefficient (Wildman–Crippen LogP) is -0.880. The van der Waals surface area contributed by atoms with Crippen LogP contribution in [0.3, 0.4) is 0 Å². The third-order valence-corrected chi connectivity index (χ3v) is 1.00. The van der Waals surface area contributed by atoms with Gasteiger partial charge in [-0.25, -0.2) is 0 Å². The number of hydrogen-bond acceptors (Lipinski definition) is 5. The first-order valence-corrected chi connectivity index (χ1v) is 3.01. The number of carbonyl (C=O) groups is 1. The molecule has 0 aromatic carbocycles. The van der Waals surface area contributed by atoms with E-state index < -0.39 is 5.97 Å². The molecule has 2 N–H and O–H groups in total. The summed E-state index contributed by atoms with van der Waals surface area (Å²) in [6, 6.07) is 0. The zero-order chi connectivity index (χ0) is 8.27. The van der Waals surface area contributed by atoms with Gasteiger partial charge in [0.2, 0.25) is 5.88 Å². The number of hydrogen-bond donors (Lipinski definition) is 1. The van der Waals surface area contributed by atoms with Crippen LogP contribution in [0.1, 0.15) is 6.92 Å². The molecule has 1 aromatic rings. The highest BCUT2D eigenvalue weighted by Gasteiger charge is 2.04. The van der Waals surface area contributed by atoms with E-state index in [9.17, 15) is 4.79 Å². The summed E-state index contributed by atoms with van der Waals surface area (Å²) in [5.41, 5.74) is 5.24. The molecule has 1 aromatic heterocycles. The van der Waals surface area contributed by atoms with Gasteiger partial charge in [0.1, 0.15) is 6.20 Å². The van der Waals surface area contributed by atoms with Crippen molar-refractivity contribution in [2.45, 2.75) is 13.6 Å². The third kappa shape index (κ3) is 1.74. The van der Waals surface area contributed by atoms with Crippen LogP contribution in [-0.4, -0.2) is 21.0 Å². The fourth-order valence-electron chi connectivity index (χ4n) is 0.601. The van der Waals surface area contributed by atoms with Crippen molar-refractivity contribution in [3.63, 3.8) is 0 Å². The molecule has 0 radical (unpaired) electrons. The largest absolute Gasteiger partial charge is 0.406 e. The van der Waals surface area contributed by atoms with E-state index in [2.05, 4.69) is 10.3 Å². The highest BCUT2D eigenvalue weighted by Crippen LogP contribution is 2.04. The molecule has 0 amide bonds. The Labute approximate surface area is 62.9 Å². The number of nitrogens with two attached hydrogens (primary N) is 1. The molecule has 6 heteroatoms. The molecule has 0 spiro atoms. The average Bonchev–Trinajstić information content (AvgIpc) is 2.34. The normalized spacial score (nSPS) is 9.64. The quantitative estimate of drug-likeness (QED) is 0.562. The number of ether oxygens (including phenoxy) is 1. The molecular weight excluding hydrogens is 148 g/mol. The minimum absolute atomic E-state index is 0.141. The second-order valence-corrected chi connectivity index (χ2v) is 1.85. The van der Waals surface area contributed by atoms with Crippen LogP contribution >= 0.6 is 0 Å². The average molecular weight is 156 g/mol. The van der Waals surface area contributed by atoms with Crippen molar-refractivity contribution in [3.05, 3.63) is 6.20 Å². The Hall–Kier alpha value is -1.43. The SMILES string of the molecule is CC(=O)Oc1cnnn1CN. The molecule has 6 nitrogen and oxygen atoms in total. The molecule has 0 saturated carbocycles. The van der Waals surface area contributed by atoms with E-state index in [1.807, 2.05) is 0 Å². The second kappa shape index (κ2) is 3.11. The third-order valence-electron chi connectivity index (χ3n) is 1.00. The topological polar surface area (TPSA) is 83.0 Å². The molecule has 0 aliphatic carbocycles. The molecule has 1 rings (SSSR count). The van der Waals surface area contributed by atoms with E-state index in [1.54, 1.807) is 0 Å². The van der Waals surface area contributed by atoms with Gasteiger partial charge in [0.25, 0.3) is 0 Å². The lowest BCUT2D eigenvalue weighted by atomic mass is 10.7. The first kappa shape index (κ1) is 7.67. The summed E-state index contributed by atoms with van der Waals surface area (Å²) in [4.78, 5) is 10.4. The Morgan fingerprint density at radius 2 is 2.64 bits per heavy atom. The van der Waals surface area contributed by atoms with Gasteiger partial charge in [0.05, 0.1) is 6.67 Å². The van der Waals surface area contributed by atoms with Crippen LogP contribution in [0.15, 0.2) is 6.20 Å². The molecule has 0 fully saturated rings. The van der Waals surface area contributed by atoms with Gasteiger partial charge >= 0.3 is 5.97 Å². The lowest BCUT2D eigenvalue weighted by molar-refractivity contribution is -0.132. The Kier molecular flexibility index (Phi) is 2.17. The Morgan fingerprint density at radius 1 is 1.91 bits per heavy atom. The van der Waals surface area contributed by atoms with Crippen LogP contribution in [0.5, 0.6) is 5.88 Å². The van der Waals surface area contributed by atoms with Crippen LogP contribution < -0.4 is 10.5 Å². The molecule has 11 heavy (non-hydrogen) atoms. The van der Waals surface area contributed by atoms with Gasteiger partial charge in [-0.15, -0.1) is 5.10 Å². The molecule has 0 unspecified atom stereocenters. The van der Waals surface area contributed by atoms with Crippen molar-refractivity contribution >= 4 is 5.97 Å². The van der Waals surface area contributed by atoms with E-state index in [0.717, 1.165) is 0 Å². The fourth-order valence-corrected chi connectivity index (χ4v) is 0.601. The highest BCUT2D eigenvalue weighted by molar-refractivity contribution is 5.68. The van der Waals surface area contributed by atoms with Crippen LogP contribution in [0.25, 0.3) is 0 Å². The van der Waals surface area contributed by atoms with Crippen LogP contribution in [0.2, 0.25) is 0 Å². The fraction of sp³-hybridized carbons (Fsp3) is 0.400. The number of rotatable bonds is 2. The van der Waals surface area contributed by atoms with Gasteiger partial charge in [0, 0.05) is 6.92 Å². The van der Waals surface area contributed by atoms with Gasteiger partial charge in [0.15, 0.2) is 0 Å². The molecule has 0 aliphatic heterocycles. The van der Waals surface area contributed by atoms with E-state index in [4.69, 9.17) is 10.5 Å². The maximum absolute atomic E-state index is 10.4. The summed E-state index contributed by atoms with van der Waals surface area (Å²) in [6.07, 6.45) is 1.33. The summed E-state index contributed by atoms with van der Waals surface area (Å²) in [5.74, 6) is -0.151. The lowest BCUT2D eigenvalue weighted by Gasteiger charge is -1.99. The minimum Gasteiger partial charge on any atom is -0.406 e. The predicted molar refractivity (Wildman–Crippen MR) is 35.5 cm³/mol. The van der Waals surface area contributed by atoms with Gasteiger partial charge in [-0.3, -0.25) is 4.79 Å². The van der Waals surface area contributed by atoms with Gasteiger partial charge in [-0.2, -0.15) is 4.68 Å². The summed E-state index contributed by atoms with van der Waals surface area (Å²) < 4.78 is 5.97. The van der Waals surface area contributed by atoms with Crippen molar-refractivity contribution < 1.29 is 9.53 Å². The first-order valence-electron chi connectivity index (χ1n) is 3.01. The summed E-state index contributed by atoms with van der Waals surface area (Å²) in [5, 5.41) is 7.05. The molecule has 1 heterocycles. The number of aromatic nitrogens is 3. The van der Waals surface area contributed by atoms with Crippen molar-refractivity contribution in [2.24, 2.45) is 5.73 Å². The van der Waals surface area contributed by atoms with Gasteiger partial charge < -0.3 is 10.5 Å². The number of nitrogens with zero attached hydrogens (tertiary/aromatic N) is 3. The summed E-state index contributed by atoms with van der Waals surface area (Å²) in [7, 11) is 0. The molecular formula is C5H8N4O2. The second-order valence-electron chi connectivity index (χ2n) is 1.85. The van der Waals surface area contributed by atoms with E-state index in [-0.39, 0.29) is 12.5 Å². The van der Waals surface area contributed by atoms with Crippen molar-refractivity contribution in [3.8, 4) is 5.88 Å². The lowest BCUT2D eigenvalue weighted by Crippen LogP contribution is -2.13. The van der Waals surface area contributed by atoms with Gasteiger partial charge in [-0.1, -0.05) is 5.21 Å². The zero-order valence-corrected chi connectivity index (χ0v) is 6.02. The standard InChI is InChI=1S/C5H8N4O2/c1-4(10)11-5-2-7-8-9(5)3-6/h2H,3,6H2,1H3. The molecule has 0 aliphatic rings.